The second-order valence-corrected chi connectivity index (χ2v) is 7.09. The minimum absolute atomic E-state index is 0.147. The van der Waals surface area contributed by atoms with Gasteiger partial charge in [0.25, 0.3) is 0 Å². The van der Waals surface area contributed by atoms with Gasteiger partial charge in [0, 0.05) is 29.5 Å². The highest BCUT2D eigenvalue weighted by Gasteiger charge is 2.15. The van der Waals surface area contributed by atoms with Crippen molar-refractivity contribution in [3.05, 3.63) is 71.6 Å². The summed E-state index contributed by atoms with van der Waals surface area (Å²) in [7, 11) is 0. The molecule has 5 nitrogen and oxygen atoms in total. The van der Waals surface area contributed by atoms with E-state index in [0.29, 0.717) is 10.9 Å². The molecule has 0 saturated heterocycles. The van der Waals surface area contributed by atoms with Crippen LogP contribution in [-0.2, 0) is 4.79 Å². The van der Waals surface area contributed by atoms with Crippen LogP contribution in [0.4, 0.5) is 5.82 Å². The molecule has 0 bridgehead atoms. The largest absolute Gasteiger partial charge is 0.311 e. The molecule has 0 saturated carbocycles. The van der Waals surface area contributed by atoms with Crippen molar-refractivity contribution in [3.8, 4) is 27.6 Å². The molecule has 1 amide bonds. The molecule has 6 heteroatoms. The van der Waals surface area contributed by atoms with Crippen molar-refractivity contribution in [2.45, 2.75) is 13.8 Å². The van der Waals surface area contributed by atoms with Crippen molar-refractivity contribution in [3.63, 3.8) is 0 Å². The maximum atomic E-state index is 11.6. The maximum absolute atomic E-state index is 11.6. The zero-order valence-electron chi connectivity index (χ0n) is 15.0. The summed E-state index contributed by atoms with van der Waals surface area (Å²) in [6.45, 7) is 3.55. The van der Waals surface area contributed by atoms with Crippen molar-refractivity contribution in [2.75, 3.05) is 5.32 Å². The zero-order chi connectivity index (χ0) is 18.8. The summed E-state index contributed by atoms with van der Waals surface area (Å²) in [5.41, 5.74) is 4.92. The van der Waals surface area contributed by atoms with E-state index in [1.54, 1.807) is 4.68 Å². The highest BCUT2D eigenvalue weighted by molar-refractivity contribution is 7.12. The molecule has 0 aliphatic rings. The number of carbonyl (C=O) groups is 1. The molecule has 1 N–H and O–H groups in total. The van der Waals surface area contributed by atoms with Crippen molar-refractivity contribution >= 4 is 23.1 Å². The van der Waals surface area contributed by atoms with Crippen LogP contribution in [-0.4, -0.2) is 20.7 Å². The summed E-state index contributed by atoms with van der Waals surface area (Å²) < 4.78 is 1.69. The number of amides is 1. The fourth-order valence-corrected chi connectivity index (χ4v) is 3.56. The van der Waals surface area contributed by atoms with E-state index in [1.165, 1.54) is 23.8 Å². The predicted octanol–water partition coefficient (Wildman–Crippen LogP) is 4.93. The van der Waals surface area contributed by atoms with Crippen LogP contribution in [0.2, 0.25) is 0 Å². The summed E-state index contributed by atoms with van der Waals surface area (Å²) >= 11 is 1.49. The lowest BCUT2D eigenvalue weighted by molar-refractivity contribution is -0.114. The molecule has 4 rings (SSSR count). The Hall–Kier alpha value is -3.25. The van der Waals surface area contributed by atoms with Gasteiger partial charge in [0.1, 0.15) is 5.82 Å². The van der Waals surface area contributed by atoms with E-state index in [1.807, 2.05) is 41.8 Å². The van der Waals surface area contributed by atoms with Gasteiger partial charge in [0.15, 0.2) is 0 Å². The summed E-state index contributed by atoms with van der Waals surface area (Å²) in [5, 5.41) is 10.2. The number of benzene rings is 2. The third-order valence-electron chi connectivity index (χ3n) is 4.10. The first-order valence-corrected chi connectivity index (χ1v) is 9.44. The first-order valence-electron chi connectivity index (χ1n) is 8.56. The monoisotopic (exact) mass is 374 g/mol. The van der Waals surface area contributed by atoms with Crippen LogP contribution in [0, 0.1) is 6.92 Å². The van der Waals surface area contributed by atoms with Gasteiger partial charge in [-0.2, -0.15) is 9.78 Å². The standard InChI is InChI=1S/C21H18N4OS/c1-14-8-10-17(11-9-14)19-13-27-21(23-19)25-20(22-15(2)26)12-18(24-25)16-6-4-3-5-7-16/h3-13H,1-2H3,(H,22,26). The van der Waals surface area contributed by atoms with Gasteiger partial charge in [-0.3, -0.25) is 4.79 Å². The van der Waals surface area contributed by atoms with Gasteiger partial charge in [0.05, 0.1) is 11.4 Å². The van der Waals surface area contributed by atoms with Crippen molar-refractivity contribution in [1.29, 1.82) is 0 Å². The number of nitrogens with one attached hydrogen (secondary N) is 1. The normalized spacial score (nSPS) is 10.7. The van der Waals surface area contributed by atoms with Crippen LogP contribution >= 0.6 is 11.3 Å². The number of aromatic nitrogens is 3. The van der Waals surface area contributed by atoms with Crippen molar-refractivity contribution in [2.24, 2.45) is 0 Å². The Morgan fingerprint density at radius 3 is 2.41 bits per heavy atom. The molecule has 4 aromatic rings. The number of thiazole rings is 1. The average Bonchev–Trinajstić information content (AvgIpc) is 3.30. The van der Waals surface area contributed by atoms with E-state index in [4.69, 9.17) is 4.98 Å². The highest BCUT2D eigenvalue weighted by atomic mass is 32.1. The van der Waals surface area contributed by atoms with Crippen LogP contribution < -0.4 is 5.32 Å². The van der Waals surface area contributed by atoms with Crippen LogP contribution in [0.25, 0.3) is 27.6 Å². The number of nitrogens with zero attached hydrogens (tertiary/aromatic N) is 3. The van der Waals surface area contributed by atoms with Crippen LogP contribution in [0.3, 0.4) is 0 Å². The summed E-state index contributed by atoms with van der Waals surface area (Å²) in [6, 6.07) is 20.0. The second-order valence-electron chi connectivity index (χ2n) is 6.26. The highest BCUT2D eigenvalue weighted by Crippen LogP contribution is 2.29. The average molecular weight is 374 g/mol. The van der Waals surface area contributed by atoms with Gasteiger partial charge in [0.2, 0.25) is 11.0 Å². The Morgan fingerprint density at radius 1 is 1.00 bits per heavy atom. The smallest absolute Gasteiger partial charge is 0.222 e. The number of carbonyl (C=O) groups excluding carboxylic acids is 1. The minimum atomic E-state index is -0.147. The SMILES string of the molecule is CC(=O)Nc1cc(-c2ccccc2)nn1-c1nc(-c2ccc(C)cc2)cs1. The summed E-state index contributed by atoms with van der Waals surface area (Å²) in [6.07, 6.45) is 0. The first-order chi connectivity index (χ1) is 13.1. The van der Waals surface area contributed by atoms with Gasteiger partial charge >= 0.3 is 0 Å². The third-order valence-corrected chi connectivity index (χ3v) is 4.92. The number of anilines is 1. The lowest BCUT2D eigenvalue weighted by Gasteiger charge is -2.03. The van der Waals surface area contributed by atoms with Crippen molar-refractivity contribution < 1.29 is 4.79 Å². The van der Waals surface area contributed by atoms with Crippen LogP contribution in [0.15, 0.2) is 66.0 Å². The number of rotatable bonds is 4. The summed E-state index contributed by atoms with van der Waals surface area (Å²) in [4.78, 5) is 16.4. The van der Waals surface area contributed by atoms with Crippen molar-refractivity contribution in [1.82, 2.24) is 14.8 Å². The van der Waals surface area contributed by atoms with Gasteiger partial charge in [-0.05, 0) is 6.92 Å². The van der Waals surface area contributed by atoms with Gasteiger partial charge in [-0.15, -0.1) is 11.3 Å². The van der Waals surface area contributed by atoms with E-state index in [9.17, 15) is 4.79 Å². The molecule has 0 radical (unpaired) electrons. The maximum Gasteiger partial charge on any atom is 0.222 e. The molecule has 2 aromatic heterocycles. The number of aryl methyl sites for hydroxylation is 1. The topological polar surface area (TPSA) is 59.8 Å². The minimum Gasteiger partial charge on any atom is -0.311 e. The van der Waals surface area contributed by atoms with Crippen LogP contribution in [0.5, 0.6) is 0 Å². The van der Waals surface area contributed by atoms with E-state index in [-0.39, 0.29) is 5.91 Å². The fraction of sp³-hybridized carbons (Fsp3) is 0.0952. The Balaban J connectivity index is 1.75. The molecular weight excluding hydrogens is 356 g/mol. The van der Waals surface area contributed by atoms with E-state index >= 15 is 0 Å². The van der Waals surface area contributed by atoms with Gasteiger partial charge < -0.3 is 5.32 Å². The predicted molar refractivity (Wildman–Crippen MR) is 109 cm³/mol. The second kappa shape index (κ2) is 7.17. The van der Waals surface area contributed by atoms with E-state index in [0.717, 1.165) is 22.5 Å². The fourth-order valence-electron chi connectivity index (χ4n) is 2.76. The summed E-state index contributed by atoms with van der Waals surface area (Å²) in [5.74, 6) is 0.456. The molecule has 0 atom stereocenters. The lowest BCUT2D eigenvalue weighted by atomic mass is 10.1. The molecular formula is C21H18N4OS. The Bertz CT molecular complexity index is 1080. The molecule has 134 valence electrons. The molecule has 2 heterocycles. The first kappa shape index (κ1) is 17.2. The molecule has 2 aromatic carbocycles. The molecule has 0 aliphatic heterocycles. The van der Waals surface area contributed by atoms with E-state index < -0.39 is 0 Å². The third kappa shape index (κ3) is 3.66. The lowest BCUT2D eigenvalue weighted by Crippen LogP contribution is -2.10. The Labute approximate surface area is 161 Å². The number of hydrogen-bond acceptors (Lipinski definition) is 4. The Morgan fingerprint density at radius 2 is 1.70 bits per heavy atom. The molecule has 0 aliphatic carbocycles. The molecule has 27 heavy (non-hydrogen) atoms. The van der Waals surface area contributed by atoms with Crippen LogP contribution in [0.1, 0.15) is 12.5 Å². The number of hydrogen-bond donors (Lipinski definition) is 1. The Kier molecular flexibility index (Phi) is 4.56. The van der Waals surface area contributed by atoms with E-state index in [2.05, 4.69) is 41.6 Å². The molecule has 0 spiro atoms. The molecule has 0 unspecified atom stereocenters. The zero-order valence-corrected chi connectivity index (χ0v) is 15.8. The quantitative estimate of drug-likeness (QED) is 0.551. The van der Waals surface area contributed by atoms with Gasteiger partial charge in [-0.1, -0.05) is 60.2 Å². The molecule has 0 fully saturated rings. The van der Waals surface area contributed by atoms with Gasteiger partial charge in [-0.25, -0.2) is 4.98 Å².